The van der Waals surface area contributed by atoms with Gasteiger partial charge >= 0.3 is 0 Å². The molecular formula is C14H18N4S2. The van der Waals surface area contributed by atoms with Crippen molar-refractivity contribution in [3.8, 4) is 0 Å². The van der Waals surface area contributed by atoms with Gasteiger partial charge in [-0.2, -0.15) is 0 Å². The van der Waals surface area contributed by atoms with Crippen LogP contribution in [0, 0.1) is 4.77 Å². The van der Waals surface area contributed by atoms with Crippen molar-refractivity contribution in [3.05, 3.63) is 26.7 Å². The smallest absolute Gasteiger partial charge is 0.226 e. The first-order chi connectivity index (χ1) is 9.83. The molecule has 1 aliphatic carbocycles. The summed E-state index contributed by atoms with van der Waals surface area (Å²) in [5.74, 6) is 1.04. The minimum atomic E-state index is 0.542. The fourth-order valence-corrected chi connectivity index (χ4v) is 4.60. The lowest BCUT2D eigenvalue weighted by Gasteiger charge is -2.29. The van der Waals surface area contributed by atoms with E-state index in [1.807, 2.05) is 11.3 Å². The maximum Gasteiger partial charge on any atom is 0.226 e. The van der Waals surface area contributed by atoms with Crippen molar-refractivity contribution in [1.82, 2.24) is 14.8 Å². The third-order valence-electron chi connectivity index (χ3n) is 4.47. The molecule has 0 atom stereocenters. The standard InChI is InChI=1S/C14H18N4S2/c19-14-16-15-13(18(14)11-3-1-2-4-11)17-7-5-12-10(9-17)6-8-20-12/h6,8,11H,1-5,7,9H2,(H,16,19). The zero-order valence-electron chi connectivity index (χ0n) is 11.3. The second kappa shape index (κ2) is 5.00. The van der Waals surface area contributed by atoms with Gasteiger partial charge in [-0.3, -0.25) is 4.57 Å². The monoisotopic (exact) mass is 306 g/mol. The van der Waals surface area contributed by atoms with Crippen molar-refractivity contribution in [3.63, 3.8) is 0 Å². The lowest BCUT2D eigenvalue weighted by atomic mass is 10.1. The first kappa shape index (κ1) is 12.6. The maximum absolute atomic E-state index is 5.46. The number of anilines is 1. The van der Waals surface area contributed by atoms with E-state index in [4.69, 9.17) is 12.2 Å². The molecule has 0 saturated heterocycles. The van der Waals surface area contributed by atoms with Gasteiger partial charge in [-0.25, -0.2) is 5.10 Å². The van der Waals surface area contributed by atoms with Gasteiger partial charge in [0.25, 0.3) is 0 Å². The van der Waals surface area contributed by atoms with E-state index in [0.717, 1.165) is 30.2 Å². The van der Waals surface area contributed by atoms with Gasteiger partial charge in [0.1, 0.15) is 0 Å². The summed E-state index contributed by atoms with van der Waals surface area (Å²) in [5.41, 5.74) is 1.45. The van der Waals surface area contributed by atoms with E-state index in [-0.39, 0.29) is 0 Å². The summed E-state index contributed by atoms with van der Waals surface area (Å²) in [6, 6.07) is 2.79. The first-order valence-corrected chi connectivity index (χ1v) is 8.59. The number of rotatable bonds is 2. The van der Waals surface area contributed by atoms with E-state index < -0.39 is 0 Å². The van der Waals surface area contributed by atoms with E-state index >= 15 is 0 Å². The molecule has 0 spiro atoms. The number of hydrogen-bond donors (Lipinski definition) is 1. The highest BCUT2D eigenvalue weighted by atomic mass is 32.1. The minimum Gasteiger partial charge on any atom is -0.336 e. The first-order valence-electron chi connectivity index (χ1n) is 7.30. The van der Waals surface area contributed by atoms with Crippen LogP contribution >= 0.6 is 23.6 Å². The van der Waals surface area contributed by atoms with Crippen LogP contribution in [0.2, 0.25) is 0 Å². The van der Waals surface area contributed by atoms with E-state index in [1.165, 1.54) is 36.1 Å². The molecule has 1 N–H and O–H groups in total. The van der Waals surface area contributed by atoms with E-state index in [2.05, 4.69) is 31.1 Å². The Morgan fingerprint density at radius 1 is 1.35 bits per heavy atom. The van der Waals surface area contributed by atoms with Crippen molar-refractivity contribution in [2.24, 2.45) is 0 Å². The number of hydrogen-bond acceptors (Lipinski definition) is 4. The van der Waals surface area contributed by atoms with E-state index in [0.29, 0.717) is 6.04 Å². The molecule has 2 aromatic heterocycles. The zero-order valence-corrected chi connectivity index (χ0v) is 13.0. The van der Waals surface area contributed by atoms with Crippen molar-refractivity contribution in [1.29, 1.82) is 0 Å². The van der Waals surface area contributed by atoms with Crippen LogP contribution < -0.4 is 4.90 Å². The molecule has 0 unspecified atom stereocenters. The molecular weight excluding hydrogens is 288 g/mol. The summed E-state index contributed by atoms with van der Waals surface area (Å²) in [6.07, 6.45) is 6.21. The summed E-state index contributed by atoms with van der Waals surface area (Å²) in [5, 5.41) is 9.72. The normalized spacial score (nSPS) is 19.5. The fraction of sp³-hybridized carbons (Fsp3) is 0.571. The molecule has 1 aliphatic heterocycles. The average molecular weight is 306 g/mol. The highest BCUT2D eigenvalue weighted by Gasteiger charge is 2.26. The molecule has 2 aliphatic rings. The number of nitrogens with zero attached hydrogens (tertiary/aromatic N) is 3. The van der Waals surface area contributed by atoms with Crippen LogP contribution in [0.1, 0.15) is 42.2 Å². The molecule has 1 fully saturated rings. The second-order valence-corrected chi connectivity index (χ2v) is 7.06. The summed E-state index contributed by atoms with van der Waals surface area (Å²) in [7, 11) is 0. The summed E-state index contributed by atoms with van der Waals surface area (Å²) in [4.78, 5) is 3.91. The SMILES string of the molecule is S=c1[nH]nc(N2CCc3sccc3C2)n1C1CCCC1. The Kier molecular flexibility index (Phi) is 3.15. The lowest BCUT2D eigenvalue weighted by Crippen LogP contribution is -2.32. The van der Waals surface area contributed by atoms with Crippen LogP contribution in [-0.2, 0) is 13.0 Å². The van der Waals surface area contributed by atoms with Crippen LogP contribution in [0.25, 0.3) is 0 Å². The summed E-state index contributed by atoms with van der Waals surface area (Å²) < 4.78 is 3.04. The van der Waals surface area contributed by atoms with Crippen LogP contribution in [0.3, 0.4) is 0 Å². The Labute approximate surface area is 127 Å². The van der Waals surface area contributed by atoms with Crippen molar-refractivity contribution >= 4 is 29.5 Å². The Bertz CT molecular complexity index is 663. The van der Waals surface area contributed by atoms with Gasteiger partial charge in [0.2, 0.25) is 5.95 Å². The molecule has 0 radical (unpaired) electrons. The van der Waals surface area contributed by atoms with Crippen LogP contribution in [0.15, 0.2) is 11.4 Å². The second-order valence-electron chi connectivity index (χ2n) is 5.68. The van der Waals surface area contributed by atoms with Crippen molar-refractivity contribution in [2.45, 2.75) is 44.7 Å². The predicted molar refractivity (Wildman–Crippen MR) is 84.0 cm³/mol. The van der Waals surface area contributed by atoms with Crippen molar-refractivity contribution in [2.75, 3.05) is 11.4 Å². The Morgan fingerprint density at radius 2 is 2.20 bits per heavy atom. The quantitative estimate of drug-likeness (QED) is 0.860. The Hall–Kier alpha value is -1.14. The van der Waals surface area contributed by atoms with E-state index in [1.54, 1.807) is 0 Å². The fourth-order valence-electron chi connectivity index (χ4n) is 3.43. The maximum atomic E-state index is 5.46. The molecule has 6 heteroatoms. The number of nitrogens with one attached hydrogen (secondary N) is 1. The molecule has 2 aromatic rings. The molecule has 3 heterocycles. The van der Waals surface area contributed by atoms with E-state index in [9.17, 15) is 0 Å². The number of aromatic amines is 1. The molecule has 4 nitrogen and oxygen atoms in total. The van der Waals surface area contributed by atoms with Gasteiger partial charge in [0, 0.05) is 24.0 Å². The third-order valence-corrected chi connectivity index (χ3v) is 5.78. The van der Waals surface area contributed by atoms with Gasteiger partial charge in [-0.15, -0.1) is 16.4 Å². The molecule has 20 heavy (non-hydrogen) atoms. The number of H-pyrrole nitrogens is 1. The number of fused-ring (bicyclic) bond motifs is 1. The average Bonchev–Trinajstić information content (AvgIpc) is 3.17. The predicted octanol–water partition coefficient (Wildman–Crippen LogP) is 3.68. The number of aromatic nitrogens is 3. The van der Waals surface area contributed by atoms with Crippen LogP contribution in [-0.4, -0.2) is 21.3 Å². The van der Waals surface area contributed by atoms with Crippen LogP contribution in [0.4, 0.5) is 5.95 Å². The van der Waals surface area contributed by atoms with Crippen molar-refractivity contribution < 1.29 is 0 Å². The summed E-state index contributed by atoms with van der Waals surface area (Å²) in [6.45, 7) is 2.00. The molecule has 106 valence electrons. The lowest BCUT2D eigenvalue weighted by molar-refractivity contribution is 0.503. The van der Waals surface area contributed by atoms with Crippen LogP contribution in [0.5, 0.6) is 0 Å². The van der Waals surface area contributed by atoms with Gasteiger partial charge in [0.15, 0.2) is 4.77 Å². The molecule has 0 amide bonds. The van der Waals surface area contributed by atoms with Gasteiger partial charge < -0.3 is 4.90 Å². The molecule has 0 aromatic carbocycles. The van der Waals surface area contributed by atoms with Gasteiger partial charge in [-0.1, -0.05) is 12.8 Å². The molecule has 1 saturated carbocycles. The largest absolute Gasteiger partial charge is 0.336 e. The van der Waals surface area contributed by atoms with Gasteiger partial charge in [0.05, 0.1) is 0 Å². The zero-order chi connectivity index (χ0) is 13.5. The Morgan fingerprint density at radius 3 is 3.05 bits per heavy atom. The highest BCUT2D eigenvalue weighted by molar-refractivity contribution is 7.71. The topological polar surface area (TPSA) is 36.9 Å². The highest BCUT2D eigenvalue weighted by Crippen LogP contribution is 2.34. The Balaban J connectivity index is 1.68. The minimum absolute atomic E-state index is 0.542. The summed E-state index contributed by atoms with van der Waals surface area (Å²) >= 11 is 7.34. The number of thiophene rings is 1. The molecule has 0 bridgehead atoms. The molecule has 4 rings (SSSR count). The van der Waals surface area contributed by atoms with Gasteiger partial charge in [-0.05, 0) is 48.5 Å². The third kappa shape index (κ3) is 2.02.